The van der Waals surface area contributed by atoms with E-state index in [1.807, 2.05) is 48.5 Å². The SMILES string of the molecule is Cc1ccc(-c2nc(SCc3cc(-c4ccccc4)no3)n[nH]2)cc1. The molecule has 2 aromatic carbocycles. The zero-order chi connectivity index (χ0) is 17.1. The first kappa shape index (κ1) is 15.7. The highest BCUT2D eigenvalue weighted by Crippen LogP contribution is 2.25. The Hall–Kier alpha value is -2.86. The van der Waals surface area contributed by atoms with Gasteiger partial charge in [0.1, 0.15) is 11.5 Å². The van der Waals surface area contributed by atoms with Crippen LogP contribution < -0.4 is 0 Å². The molecule has 4 rings (SSSR count). The molecule has 0 spiro atoms. The number of nitrogens with one attached hydrogen (secondary N) is 1. The van der Waals surface area contributed by atoms with Crippen molar-refractivity contribution in [1.82, 2.24) is 20.3 Å². The summed E-state index contributed by atoms with van der Waals surface area (Å²) in [6, 6.07) is 20.1. The molecule has 0 fully saturated rings. The molecule has 6 heteroatoms. The van der Waals surface area contributed by atoms with E-state index in [0.29, 0.717) is 10.9 Å². The van der Waals surface area contributed by atoms with Gasteiger partial charge < -0.3 is 4.52 Å². The molecule has 0 bridgehead atoms. The molecule has 4 aromatic rings. The minimum Gasteiger partial charge on any atom is -0.360 e. The molecule has 0 radical (unpaired) electrons. The number of thioether (sulfide) groups is 1. The van der Waals surface area contributed by atoms with Crippen molar-refractivity contribution < 1.29 is 4.52 Å². The van der Waals surface area contributed by atoms with Crippen LogP contribution in [0.1, 0.15) is 11.3 Å². The van der Waals surface area contributed by atoms with Gasteiger partial charge in [0.25, 0.3) is 0 Å². The van der Waals surface area contributed by atoms with E-state index < -0.39 is 0 Å². The summed E-state index contributed by atoms with van der Waals surface area (Å²) in [5.74, 6) is 2.20. The van der Waals surface area contributed by atoms with E-state index in [1.54, 1.807) is 0 Å². The highest BCUT2D eigenvalue weighted by atomic mass is 32.2. The van der Waals surface area contributed by atoms with Crippen molar-refractivity contribution in [3.8, 4) is 22.6 Å². The first-order valence-corrected chi connectivity index (χ1v) is 8.90. The molecule has 0 amide bonds. The van der Waals surface area contributed by atoms with E-state index in [-0.39, 0.29) is 0 Å². The summed E-state index contributed by atoms with van der Waals surface area (Å²) in [4.78, 5) is 4.52. The number of hydrogen-bond donors (Lipinski definition) is 1. The molecular formula is C19H16N4OS. The number of H-pyrrole nitrogens is 1. The number of aryl methyl sites for hydroxylation is 1. The summed E-state index contributed by atoms with van der Waals surface area (Å²) in [5, 5.41) is 12.1. The van der Waals surface area contributed by atoms with Gasteiger partial charge in [-0.05, 0) is 6.92 Å². The first-order valence-electron chi connectivity index (χ1n) is 7.91. The fourth-order valence-electron chi connectivity index (χ4n) is 2.41. The Balaban J connectivity index is 1.42. The van der Waals surface area contributed by atoms with Gasteiger partial charge >= 0.3 is 0 Å². The maximum atomic E-state index is 5.41. The summed E-state index contributed by atoms with van der Waals surface area (Å²) >= 11 is 1.51. The smallest absolute Gasteiger partial charge is 0.209 e. The molecule has 0 unspecified atom stereocenters. The number of rotatable bonds is 5. The number of aromatic amines is 1. The van der Waals surface area contributed by atoms with Gasteiger partial charge in [0.15, 0.2) is 5.82 Å². The summed E-state index contributed by atoms with van der Waals surface area (Å²) in [7, 11) is 0. The molecule has 124 valence electrons. The van der Waals surface area contributed by atoms with Crippen molar-refractivity contribution in [2.24, 2.45) is 0 Å². The fourth-order valence-corrected chi connectivity index (χ4v) is 3.09. The van der Waals surface area contributed by atoms with E-state index in [0.717, 1.165) is 28.4 Å². The van der Waals surface area contributed by atoms with E-state index in [2.05, 4.69) is 39.4 Å². The second-order valence-electron chi connectivity index (χ2n) is 5.67. The molecule has 0 aliphatic heterocycles. The van der Waals surface area contributed by atoms with Gasteiger partial charge in [-0.25, -0.2) is 4.98 Å². The monoisotopic (exact) mass is 348 g/mol. The van der Waals surface area contributed by atoms with Gasteiger partial charge in [-0.1, -0.05) is 77.1 Å². The number of hydrogen-bond acceptors (Lipinski definition) is 5. The van der Waals surface area contributed by atoms with Crippen LogP contribution >= 0.6 is 11.8 Å². The predicted molar refractivity (Wildman–Crippen MR) is 98.1 cm³/mol. The lowest BCUT2D eigenvalue weighted by molar-refractivity contribution is 0.397. The van der Waals surface area contributed by atoms with Crippen LogP contribution in [-0.2, 0) is 5.75 Å². The minimum absolute atomic E-state index is 0.630. The lowest BCUT2D eigenvalue weighted by atomic mass is 10.1. The van der Waals surface area contributed by atoms with Crippen molar-refractivity contribution in [3.63, 3.8) is 0 Å². The van der Waals surface area contributed by atoms with Crippen LogP contribution in [0.2, 0.25) is 0 Å². The highest BCUT2D eigenvalue weighted by Gasteiger charge is 2.10. The lowest BCUT2D eigenvalue weighted by Gasteiger charge is -1.96. The van der Waals surface area contributed by atoms with Crippen molar-refractivity contribution >= 4 is 11.8 Å². The van der Waals surface area contributed by atoms with Gasteiger partial charge in [0.05, 0.1) is 5.75 Å². The van der Waals surface area contributed by atoms with Crippen molar-refractivity contribution in [2.75, 3.05) is 0 Å². The summed E-state index contributed by atoms with van der Waals surface area (Å²) in [5.41, 5.74) is 4.13. The van der Waals surface area contributed by atoms with Gasteiger partial charge in [-0.15, -0.1) is 5.10 Å². The summed E-state index contributed by atoms with van der Waals surface area (Å²) in [6.45, 7) is 2.06. The zero-order valence-corrected chi connectivity index (χ0v) is 14.5. The Morgan fingerprint density at radius 2 is 1.80 bits per heavy atom. The molecule has 5 nitrogen and oxygen atoms in total. The van der Waals surface area contributed by atoms with Crippen LogP contribution in [0.25, 0.3) is 22.6 Å². The Bertz CT molecular complexity index is 961. The Morgan fingerprint density at radius 1 is 1.00 bits per heavy atom. The third-order valence-electron chi connectivity index (χ3n) is 3.76. The summed E-state index contributed by atoms with van der Waals surface area (Å²) in [6.07, 6.45) is 0. The Kier molecular flexibility index (Phi) is 4.35. The quantitative estimate of drug-likeness (QED) is 0.528. The molecular weight excluding hydrogens is 332 g/mol. The van der Waals surface area contributed by atoms with Crippen LogP contribution in [0, 0.1) is 6.92 Å². The van der Waals surface area contributed by atoms with E-state index in [1.165, 1.54) is 17.3 Å². The van der Waals surface area contributed by atoms with Gasteiger partial charge in [-0.3, -0.25) is 5.10 Å². The van der Waals surface area contributed by atoms with Crippen molar-refractivity contribution in [3.05, 3.63) is 72.0 Å². The molecule has 2 heterocycles. The highest BCUT2D eigenvalue weighted by molar-refractivity contribution is 7.98. The van der Waals surface area contributed by atoms with E-state index in [9.17, 15) is 0 Å². The zero-order valence-electron chi connectivity index (χ0n) is 13.6. The Morgan fingerprint density at radius 3 is 2.60 bits per heavy atom. The van der Waals surface area contributed by atoms with Crippen molar-refractivity contribution in [1.29, 1.82) is 0 Å². The molecule has 0 aliphatic carbocycles. The van der Waals surface area contributed by atoms with Gasteiger partial charge in [-0.2, -0.15) is 0 Å². The molecule has 0 saturated heterocycles. The topological polar surface area (TPSA) is 67.6 Å². The van der Waals surface area contributed by atoms with Gasteiger partial charge in [0.2, 0.25) is 5.16 Å². The maximum Gasteiger partial charge on any atom is 0.209 e. The van der Waals surface area contributed by atoms with Crippen LogP contribution in [0.5, 0.6) is 0 Å². The Labute approximate surface area is 149 Å². The molecule has 0 atom stereocenters. The maximum absolute atomic E-state index is 5.41. The van der Waals surface area contributed by atoms with E-state index >= 15 is 0 Å². The second kappa shape index (κ2) is 6.94. The average Bonchev–Trinajstić information content (AvgIpc) is 3.31. The standard InChI is InChI=1S/C19H16N4OS/c1-13-7-9-15(10-8-13)18-20-19(22-21-18)25-12-16-11-17(23-24-16)14-5-3-2-4-6-14/h2-11H,12H2,1H3,(H,20,21,22). The third-order valence-corrected chi connectivity index (χ3v) is 4.63. The third kappa shape index (κ3) is 3.64. The minimum atomic E-state index is 0.630. The lowest BCUT2D eigenvalue weighted by Crippen LogP contribution is -1.81. The largest absolute Gasteiger partial charge is 0.360 e. The number of nitrogens with zero attached hydrogens (tertiary/aromatic N) is 3. The molecule has 0 saturated carbocycles. The normalized spacial score (nSPS) is 10.9. The fraction of sp³-hybridized carbons (Fsp3) is 0.105. The molecule has 25 heavy (non-hydrogen) atoms. The summed E-state index contributed by atoms with van der Waals surface area (Å²) < 4.78 is 5.41. The van der Waals surface area contributed by atoms with Crippen LogP contribution in [0.3, 0.4) is 0 Å². The first-order chi connectivity index (χ1) is 12.3. The molecule has 0 aliphatic rings. The van der Waals surface area contributed by atoms with Crippen LogP contribution in [-0.4, -0.2) is 20.3 Å². The molecule has 2 aromatic heterocycles. The second-order valence-corrected chi connectivity index (χ2v) is 6.61. The average molecular weight is 348 g/mol. The van der Waals surface area contributed by atoms with Crippen LogP contribution in [0.4, 0.5) is 0 Å². The number of aromatic nitrogens is 4. The van der Waals surface area contributed by atoms with Crippen LogP contribution in [0.15, 0.2) is 70.3 Å². The predicted octanol–water partition coefficient (Wildman–Crippen LogP) is 4.73. The molecule has 1 N–H and O–H groups in total. The van der Waals surface area contributed by atoms with Gasteiger partial charge in [0, 0.05) is 17.2 Å². The van der Waals surface area contributed by atoms with E-state index in [4.69, 9.17) is 4.52 Å². The number of benzene rings is 2. The van der Waals surface area contributed by atoms with Crippen molar-refractivity contribution in [2.45, 2.75) is 17.8 Å².